The minimum absolute atomic E-state index is 0.0714. The molecule has 0 aliphatic heterocycles. The number of aromatic nitrogens is 1. The maximum Gasteiger partial charge on any atom is 0.227 e. The summed E-state index contributed by atoms with van der Waals surface area (Å²) in [5.74, 6) is 1.07. The van der Waals surface area contributed by atoms with E-state index in [4.69, 9.17) is 9.15 Å². The van der Waals surface area contributed by atoms with E-state index in [0.717, 1.165) is 27.9 Å². The highest BCUT2D eigenvalue weighted by molar-refractivity contribution is 5.86. The number of phenols is 1. The summed E-state index contributed by atoms with van der Waals surface area (Å²) in [7, 11) is 1.52. The van der Waals surface area contributed by atoms with E-state index in [9.17, 15) is 5.11 Å². The number of aryl methyl sites for hydroxylation is 1. The SMILES string of the molecule is COc1cccc(C=Nc2ccc(-c3nc4ccc(C)cc4o3)cc2)c1O. The number of ether oxygens (including phenoxy) is 1. The molecule has 134 valence electrons. The normalized spacial score (nSPS) is 11.3. The van der Waals surface area contributed by atoms with Gasteiger partial charge in [-0.25, -0.2) is 4.98 Å². The third kappa shape index (κ3) is 3.40. The maximum atomic E-state index is 10.1. The first-order valence-electron chi connectivity index (χ1n) is 8.52. The number of nitrogens with zero attached hydrogens (tertiary/aromatic N) is 2. The smallest absolute Gasteiger partial charge is 0.227 e. The standard InChI is InChI=1S/C22H18N2O3/c1-14-6-11-18-20(12-14)27-22(24-18)15-7-9-17(10-8-15)23-13-16-4-3-5-19(26-2)21(16)25/h3-13,25H,1-2H3. The third-order valence-corrected chi connectivity index (χ3v) is 4.26. The van der Waals surface area contributed by atoms with Gasteiger partial charge in [-0.05, 0) is 61.0 Å². The lowest BCUT2D eigenvalue weighted by atomic mass is 10.2. The minimum atomic E-state index is 0.0714. The number of rotatable bonds is 4. The molecule has 0 spiro atoms. The number of oxazole rings is 1. The molecule has 5 heteroatoms. The molecule has 4 rings (SSSR count). The van der Waals surface area contributed by atoms with Crippen LogP contribution in [0.4, 0.5) is 5.69 Å². The Bertz CT molecular complexity index is 1130. The topological polar surface area (TPSA) is 67.9 Å². The molecule has 1 heterocycles. The van der Waals surface area contributed by atoms with Crippen LogP contribution in [0, 0.1) is 6.92 Å². The molecule has 1 aromatic heterocycles. The predicted molar refractivity (Wildman–Crippen MR) is 106 cm³/mol. The van der Waals surface area contributed by atoms with Gasteiger partial charge in [0.1, 0.15) is 5.52 Å². The van der Waals surface area contributed by atoms with Gasteiger partial charge in [-0.2, -0.15) is 0 Å². The fraction of sp³-hybridized carbons (Fsp3) is 0.0909. The summed E-state index contributed by atoms with van der Waals surface area (Å²) >= 11 is 0. The van der Waals surface area contributed by atoms with Gasteiger partial charge in [0.2, 0.25) is 5.89 Å². The van der Waals surface area contributed by atoms with Crippen molar-refractivity contribution in [2.75, 3.05) is 7.11 Å². The Kier molecular flexibility index (Phi) is 4.34. The molecule has 4 aromatic rings. The van der Waals surface area contributed by atoms with Crippen molar-refractivity contribution in [2.24, 2.45) is 4.99 Å². The number of fused-ring (bicyclic) bond motifs is 1. The highest BCUT2D eigenvalue weighted by Gasteiger charge is 2.08. The summed E-state index contributed by atoms with van der Waals surface area (Å²) < 4.78 is 11.0. The molecule has 0 bridgehead atoms. The predicted octanol–water partition coefficient (Wildman–Crippen LogP) is 5.27. The molecule has 5 nitrogen and oxygen atoms in total. The van der Waals surface area contributed by atoms with Crippen LogP contribution in [0.3, 0.4) is 0 Å². The van der Waals surface area contributed by atoms with Crippen molar-refractivity contribution >= 4 is 23.0 Å². The number of hydrogen-bond donors (Lipinski definition) is 1. The fourth-order valence-corrected chi connectivity index (χ4v) is 2.80. The maximum absolute atomic E-state index is 10.1. The second kappa shape index (κ2) is 6.96. The van der Waals surface area contributed by atoms with Crippen LogP contribution in [0.25, 0.3) is 22.6 Å². The Labute approximate surface area is 156 Å². The molecule has 1 N–H and O–H groups in total. The molecule has 0 unspecified atom stereocenters. The van der Waals surface area contributed by atoms with Crippen LogP contribution in [0.2, 0.25) is 0 Å². The number of hydrogen-bond acceptors (Lipinski definition) is 5. The first-order valence-corrected chi connectivity index (χ1v) is 8.52. The van der Waals surface area contributed by atoms with Crippen LogP contribution >= 0.6 is 0 Å². The molecule has 0 saturated heterocycles. The molecule has 0 saturated carbocycles. The van der Waals surface area contributed by atoms with E-state index < -0.39 is 0 Å². The summed E-state index contributed by atoms with van der Waals surface area (Å²) in [5.41, 5.74) is 4.98. The Hall–Kier alpha value is -3.60. The van der Waals surface area contributed by atoms with Gasteiger partial charge in [-0.3, -0.25) is 4.99 Å². The fourth-order valence-electron chi connectivity index (χ4n) is 2.80. The molecule has 0 aliphatic rings. The number of phenolic OH excluding ortho intramolecular Hbond substituents is 1. The van der Waals surface area contributed by atoms with Gasteiger partial charge in [-0.15, -0.1) is 0 Å². The zero-order valence-electron chi connectivity index (χ0n) is 15.0. The van der Waals surface area contributed by atoms with Crippen molar-refractivity contribution in [1.29, 1.82) is 0 Å². The first kappa shape index (κ1) is 16.8. The summed E-state index contributed by atoms with van der Waals surface area (Å²) in [4.78, 5) is 8.94. The second-order valence-corrected chi connectivity index (χ2v) is 6.19. The Morgan fingerprint density at radius 1 is 1.07 bits per heavy atom. The summed E-state index contributed by atoms with van der Waals surface area (Å²) in [6.45, 7) is 2.02. The number of benzene rings is 3. The Morgan fingerprint density at radius 3 is 2.67 bits per heavy atom. The zero-order chi connectivity index (χ0) is 18.8. The Morgan fingerprint density at radius 2 is 1.89 bits per heavy atom. The number of aromatic hydroxyl groups is 1. The average molecular weight is 358 g/mol. The second-order valence-electron chi connectivity index (χ2n) is 6.19. The van der Waals surface area contributed by atoms with Crippen molar-refractivity contribution in [2.45, 2.75) is 6.92 Å². The van der Waals surface area contributed by atoms with Crippen LogP contribution in [-0.2, 0) is 0 Å². The van der Waals surface area contributed by atoms with E-state index in [-0.39, 0.29) is 5.75 Å². The van der Waals surface area contributed by atoms with Gasteiger partial charge >= 0.3 is 0 Å². The van der Waals surface area contributed by atoms with Gasteiger partial charge in [0.25, 0.3) is 0 Å². The molecular formula is C22H18N2O3. The van der Waals surface area contributed by atoms with Crippen LogP contribution in [0.1, 0.15) is 11.1 Å². The molecule has 0 radical (unpaired) electrons. The van der Waals surface area contributed by atoms with Gasteiger partial charge in [0.05, 0.1) is 12.8 Å². The third-order valence-electron chi connectivity index (χ3n) is 4.26. The highest BCUT2D eigenvalue weighted by atomic mass is 16.5. The summed E-state index contributed by atoms with van der Waals surface area (Å²) in [6.07, 6.45) is 1.61. The molecule has 0 amide bonds. The number of methoxy groups -OCH3 is 1. The number of aliphatic imine (C=N–C) groups is 1. The quantitative estimate of drug-likeness (QED) is 0.505. The van der Waals surface area contributed by atoms with E-state index in [2.05, 4.69) is 9.98 Å². The van der Waals surface area contributed by atoms with E-state index in [1.807, 2.05) is 49.4 Å². The molecule has 27 heavy (non-hydrogen) atoms. The van der Waals surface area contributed by atoms with E-state index in [1.165, 1.54) is 7.11 Å². The van der Waals surface area contributed by atoms with Crippen molar-refractivity contribution in [3.63, 3.8) is 0 Å². The minimum Gasteiger partial charge on any atom is -0.504 e. The summed E-state index contributed by atoms with van der Waals surface area (Å²) in [5, 5.41) is 10.1. The van der Waals surface area contributed by atoms with Crippen LogP contribution in [-0.4, -0.2) is 23.4 Å². The van der Waals surface area contributed by atoms with Gasteiger partial charge in [-0.1, -0.05) is 12.1 Å². The van der Waals surface area contributed by atoms with Gasteiger partial charge in [0.15, 0.2) is 17.1 Å². The van der Waals surface area contributed by atoms with E-state index in [1.54, 1.807) is 24.4 Å². The summed E-state index contributed by atoms with van der Waals surface area (Å²) in [6, 6.07) is 18.8. The molecule has 3 aromatic carbocycles. The molecule has 0 fully saturated rings. The van der Waals surface area contributed by atoms with Gasteiger partial charge in [0, 0.05) is 17.3 Å². The monoisotopic (exact) mass is 358 g/mol. The van der Waals surface area contributed by atoms with Crippen molar-refractivity contribution < 1.29 is 14.3 Å². The lowest BCUT2D eigenvalue weighted by Gasteiger charge is -2.04. The Balaban J connectivity index is 1.58. The molecule has 0 aliphatic carbocycles. The van der Waals surface area contributed by atoms with Crippen LogP contribution < -0.4 is 4.74 Å². The first-order chi connectivity index (χ1) is 13.1. The molecule has 0 atom stereocenters. The van der Waals surface area contributed by atoms with E-state index >= 15 is 0 Å². The van der Waals surface area contributed by atoms with Crippen LogP contribution in [0.5, 0.6) is 11.5 Å². The lowest BCUT2D eigenvalue weighted by Crippen LogP contribution is -1.88. The van der Waals surface area contributed by atoms with Crippen LogP contribution in [0.15, 0.2) is 70.1 Å². The average Bonchev–Trinajstić information content (AvgIpc) is 3.11. The lowest BCUT2D eigenvalue weighted by molar-refractivity contribution is 0.373. The van der Waals surface area contributed by atoms with E-state index in [0.29, 0.717) is 17.2 Å². The zero-order valence-corrected chi connectivity index (χ0v) is 15.0. The molecular weight excluding hydrogens is 340 g/mol. The van der Waals surface area contributed by atoms with Crippen molar-refractivity contribution in [3.8, 4) is 23.0 Å². The number of para-hydroxylation sites is 1. The van der Waals surface area contributed by atoms with Gasteiger partial charge < -0.3 is 14.3 Å². The van der Waals surface area contributed by atoms with Crippen molar-refractivity contribution in [1.82, 2.24) is 4.98 Å². The van der Waals surface area contributed by atoms with Crippen molar-refractivity contribution in [3.05, 3.63) is 71.8 Å². The highest BCUT2D eigenvalue weighted by Crippen LogP contribution is 2.29. The largest absolute Gasteiger partial charge is 0.504 e.